The van der Waals surface area contributed by atoms with Gasteiger partial charge in [-0.25, -0.2) is 9.78 Å². The molecule has 0 bridgehead atoms. The molecule has 0 spiro atoms. The van der Waals surface area contributed by atoms with Gasteiger partial charge < -0.3 is 10.4 Å². The van der Waals surface area contributed by atoms with E-state index >= 15 is 0 Å². The number of nitrogens with zero attached hydrogens (tertiary/aromatic N) is 2. The highest BCUT2D eigenvalue weighted by atomic mass is 32.1. The zero-order valence-corrected chi connectivity index (χ0v) is 12.7. The summed E-state index contributed by atoms with van der Waals surface area (Å²) in [5.74, 6) is -1.50. The second-order valence-electron chi connectivity index (χ2n) is 5.12. The molecule has 0 radical (unpaired) electrons. The van der Waals surface area contributed by atoms with Crippen molar-refractivity contribution < 1.29 is 14.7 Å². The van der Waals surface area contributed by atoms with Gasteiger partial charge in [-0.3, -0.25) is 9.78 Å². The van der Waals surface area contributed by atoms with E-state index in [1.165, 1.54) is 29.8 Å². The second kappa shape index (κ2) is 5.61. The molecule has 6 nitrogen and oxygen atoms in total. The number of aryl methyl sites for hydroxylation is 1. The molecule has 0 atom stereocenters. The van der Waals surface area contributed by atoms with Crippen molar-refractivity contribution in [3.63, 3.8) is 0 Å². The normalized spacial score (nSPS) is 11.2. The minimum absolute atomic E-state index is 0.0226. The van der Waals surface area contributed by atoms with Crippen LogP contribution in [-0.4, -0.2) is 27.0 Å². The zero-order valence-electron chi connectivity index (χ0n) is 11.9. The molecule has 2 rings (SSSR count). The van der Waals surface area contributed by atoms with Gasteiger partial charge in [-0.05, 0) is 26.8 Å². The van der Waals surface area contributed by atoms with Gasteiger partial charge >= 0.3 is 5.97 Å². The lowest BCUT2D eigenvalue weighted by Gasteiger charge is -2.23. The Kier molecular flexibility index (Phi) is 4.04. The van der Waals surface area contributed by atoms with Crippen molar-refractivity contribution in [2.24, 2.45) is 0 Å². The number of rotatable bonds is 4. The van der Waals surface area contributed by atoms with E-state index < -0.39 is 11.5 Å². The van der Waals surface area contributed by atoms with Crippen molar-refractivity contribution >= 4 is 23.2 Å². The Morgan fingerprint density at radius 1 is 1.24 bits per heavy atom. The maximum absolute atomic E-state index is 12.2. The van der Waals surface area contributed by atoms with Crippen molar-refractivity contribution in [2.75, 3.05) is 0 Å². The molecule has 0 saturated heterocycles. The number of carboxylic acid groups (broad SMARTS) is 1. The highest BCUT2D eigenvalue weighted by Crippen LogP contribution is 2.25. The molecule has 1 amide bonds. The van der Waals surface area contributed by atoms with Crippen molar-refractivity contribution in [3.8, 4) is 0 Å². The van der Waals surface area contributed by atoms with Crippen LogP contribution in [0.1, 0.15) is 44.4 Å². The SMILES string of the molecule is Cc1cnc(C(C)(C)NC(=O)c2cncc(C(=O)O)c2)s1. The Bertz CT molecular complexity index is 694. The molecular formula is C14H15N3O3S. The van der Waals surface area contributed by atoms with Gasteiger partial charge in [0.25, 0.3) is 5.91 Å². The van der Waals surface area contributed by atoms with E-state index in [9.17, 15) is 9.59 Å². The Balaban J connectivity index is 2.21. The van der Waals surface area contributed by atoms with E-state index in [2.05, 4.69) is 15.3 Å². The molecule has 0 aliphatic carbocycles. The van der Waals surface area contributed by atoms with Gasteiger partial charge in [-0.2, -0.15) is 0 Å². The number of thiazole rings is 1. The van der Waals surface area contributed by atoms with Crippen LogP contribution in [0.15, 0.2) is 24.7 Å². The zero-order chi connectivity index (χ0) is 15.6. The fourth-order valence-electron chi connectivity index (χ4n) is 1.73. The predicted octanol–water partition coefficient (Wildman–Crippen LogP) is 2.21. The molecule has 2 aromatic heterocycles. The molecule has 0 unspecified atom stereocenters. The first-order chi connectivity index (χ1) is 9.79. The number of amides is 1. The monoisotopic (exact) mass is 305 g/mol. The summed E-state index contributed by atoms with van der Waals surface area (Å²) in [7, 11) is 0. The fraction of sp³-hybridized carbons (Fsp3) is 0.286. The summed E-state index contributed by atoms with van der Waals surface area (Å²) in [5.41, 5.74) is -0.461. The first kappa shape index (κ1) is 15.1. The van der Waals surface area contributed by atoms with Crippen LogP contribution in [0.3, 0.4) is 0 Å². The van der Waals surface area contributed by atoms with Crippen LogP contribution < -0.4 is 5.32 Å². The van der Waals surface area contributed by atoms with E-state index in [0.717, 1.165) is 9.88 Å². The number of hydrogen-bond donors (Lipinski definition) is 2. The average molecular weight is 305 g/mol. The summed E-state index contributed by atoms with van der Waals surface area (Å²) in [6, 6.07) is 1.30. The number of aromatic nitrogens is 2. The number of pyridine rings is 1. The van der Waals surface area contributed by atoms with Crippen LogP contribution in [-0.2, 0) is 5.54 Å². The van der Waals surface area contributed by atoms with Gasteiger partial charge in [0.1, 0.15) is 5.01 Å². The maximum Gasteiger partial charge on any atom is 0.337 e. The molecule has 0 aromatic carbocycles. The lowest BCUT2D eigenvalue weighted by molar-refractivity contribution is 0.0696. The number of hydrogen-bond acceptors (Lipinski definition) is 5. The standard InChI is InChI=1S/C14H15N3O3S/c1-8-5-16-13(21-8)14(2,3)17-11(18)9-4-10(12(19)20)7-15-6-9/h4-7H,1-3H3,(H,17,18)(H,19,20). The maximum atomic E-state index is 12.2. The molecule has 110 valence electrons. The Morgan fingerprint density at radius 2 is 1.90 bits per heavy atom. The summed E-state index contributed by atoms with van der Waals surface area (Å²) in [6.07, 6.45) is 4.29. The third-order valence-electron chi connectivity index (χ3n) is 2.83. The largest absolute Gasteiger partial charge is 0.478 e. The van der Waals surface area contributed by atoms with Gasteiger partial charge in [0.2, 0.25) is 0 Å². The van der Waals surface area contributed by atoms with Gasteiger partial charge in [0.05, 0.1) is 16.7 Å². The number of carbonyl (C=O) groups is 2. The van der Waals surface area contributed by atoms with Crippen LogP contribution in [0.25, 0.3) is 0 Å². The minimum atomic E-state index is -1.12. The number of aromatic carboxylic acids is 1. The minimum Gasteiger partial charge on any atom is -0.478 e. The summed E-state index contributed by atoms with van der Waals surface area (Å²) in [5, 5.41) is 12.6. The predicted molar refractivity (Wildman–Crippen MR) is 78.5 cm³/mol. The molecule has 0 saturated carbocycles. The quantitative estimate of drug-likeness (QED) is 0.903. The smallest absolute Gasteiger partial charge is 0.337 e. The van der Waals surface area contributed by atoms with E-state index in [0.29, 0.717) is 0 Å². The third-order valence-corrected chi connectivity index (χ3v) is 4.07. The Morgan fingerprint density at radius 3 is 2.48 bits per heavy atom. The first-order valence-corrected chi connectivity index (χ1v) is 7.05. The third kappa shape index (κ3) is 3.43. The number of carbonyl (C=O) groups excluding carboxylic acids is 1. The van der Waals surface area contributed by atoms with Crippen LogP contribution in [0.2, 0.25) is 0 Å². The molecule has 0 fully saturated rings. The molecule has 21 heavy (non-hydrogen) atoms. The van der Waals surface area contributed by atoms with Gasteiger partial charge in [0, 0.05) is 23.5 Å². The van der Waals surface area contributed by atoms with E-state index in [4.69, 9.17) is 5.11 Å². The molecule has 2 N–H and O–H groups in total. The number of nitrogens with one attached hydrogen (secondary N) is 1. The molecule has 0 aliphatic heterocycles. The first-order valence-electron chi connectivity index (χ1n) is 6.23. The van der Waals surface area contributed by atoms with Crippen molar-refractivity contribution in [2.45, 2.75) is 26.3 Å². The number of carboxylic acids is 1. The lowest BCUT2D eigenvalue weighted by atomic mass is 10.1. The average Bonchev–Trinajstić information content (AvgIpc) is 2.86. The van der Waals surface area contributed by atoms with Gasteiger partial charge in [-0.1, -0.05) is 0 Å². The summed E-state index contributed by atoms with van der Waals surface area (Å²) in [4.78, 5) is 32.3. The van der Waals surface area contributed by atoms with Crippen molar-refractivity contribution in [1.82, 2.24) is 15.3 Å². The van der Waals surface area contributed by atoms with Gasteiger partial charge in [0.15, 0.2) is 0 Å². The van der Waals surface area contributed by atoms with Crippen molar-refractivity contribution in [1.29, 1.82) is 0 Å². The highest BCUT2D eigenvalue weighted by Gasteiger charge is 2.27. The van der Waals surface area contributed by atoms with Crippen LogP contribution in [0, 0.1) is 6.92 Å². The summed E-state index contributed by atoms with van der Waals surface area (Å²) < 4.78 is 0. The topological polar surface area (TPSA) is 92.2 Å². The second-order valence-corrected chi connectivity index (χ2v) is 6.36. The van der Waals surface area contributed by atoms with Crippen molar-refractivity contribution in [3.05, 3.63) is 45.7 Å². The van der Waals surface area contributed by atoms with E-state index in [1.807, 2.05) is 20.8 Å². The lowest BCUT2D eigenvalue weighted by Crippen LogP contribution is -2.41. The molecular weight excluding hydrogens is 290 g/mol. The highest BCUT2D eigenvalue weighted by molar-refractivity contribution is 7.11. The Hall–Kier alpha value is -2.28. The van der Waals surface area contributed by atoms with Crippen LogP contribution in [0.5, 0.6) is 0 Å². The Labute approximate surface area is 125 Å². The van der Waals surface area contributed by atoms with Crippen LogP contribution in [0.4, 0.5) is 0 Å². The summed E-state index contributed by atoms with van der Waals surface area (Å²) in [6.45, 7) is 5.63. The molecule has 2 heterocycles. The summed E-state index contributed by atoms with van der Waals surface area (Å²) >= 11 is 1.50. The molecule has 2 aromatic rings. The molecule has 0 aliphatic rings. The van der Waals surface area contributed by atoms with Crippen LogP contribution >= 0.6 is 11.3 Å². The fourth-order valence-corrected chi connectivity index (χ4v) is 2.56. The van der Waals surface area contributed by atoms with E-state index in [-0.39, 0.29) is 17.0 Å². The van der Waals surface area contributed by atoms with Gasteiger partial charge in [-0.15, -0.1) is 11.3 Å². The molecule has 7 heteroatoms. The van der Waals surface area contributed by atoms with E-state index in [1.54, 1.807) is 6.20 Å².